The Hall–Kier alpha value is -2.57. The number of hydrogen-bond acceptors (Lipinski definition) is 4. The molecule has 0 unspecified atom stereocenters. The van der Waals surface area contributed by atoms with Crippen LogP contribution in [0.1, 0.15) is 20.3 Å². The third-order valence-electron chi connectivity index (χ3n) is 3.18. The normalized spacial score (nSPS) is 16.8. The van der Waals surface area contributed by atoms with Crippen LogP contribution in [-0.4, -0.2) is 34.8 Å². The number of hydrogen-bond donors (Lipinski definition) is 3. The maximum absolute atomic E-state index is 11.9. The molecular weight excluding hydrogens is 272 g/mol. The van der Waals surface area contributed by atoms with Crippen LogP contribution in [0.2, 0.25) is 0 Å². The number of imide groups is 1. The quantitative estimate of drug-likeness (QED) is 0.566. The Morgan fingerprint density at radius 3 is 2.67 bits per heavy atom. The second-order valence-electron chi connectivity index (χ2n) is 5.44. The van der Waals surface area contributed by atoms with Gasteiger partial charge in [0.25, 0.3) is 5.91 Å². The molecule has 0 bridgehead atoms. The minimum atomic E-state index is -0.915. The first-order valence-corrected chi connectivity index (χ1v) is 6.59. The molecule has 2 rings (SSSR count). The molecule has 1 aromatic rings. The van der Waals surface area contributed by atoms with Gasteiger partial charge in [-0.15, -0.1) is 0 Å². The van der Waals surface area contributed by atoms with E-state index in [0.29, 0.717) is 11.4 Å². The van der Waals surface area contributed by atoms with E-state index in [0.717, 1.165) is 4.90 Å². The number of nitrogens with two attached hydrogens (primary N) is 1. The zero-order chi connectivity index (χ0) is 15.6. The number of rotatable bonds is 4. The van der Waals surface area contributed by atoms with Crippen molar-refractivity contribution in [2.75, 3.05) is 17.6 Å². The van der Waals surface area contributed by atoms with E-state index < -0.39 is 11.6 Å². The summed E-state index contributed by atoms with van der Waals surface area (Å²) in [5.41, 5.74) is 5.83. The van der Waals surface area contributed by atoms with Crippen molar-refractivity contribution in [1.82, 2.24) is 10.2 Å². The Labute approximate surface area is 122 Å². The standard InChI is InChI=1S/C14H18N4O3/c1-14(2)12(20)18(13(21)17-14)7-6-11(19)16-10-5-3-4-9(15)8-10/h3-5,8H,6-7,15H2,1-2H3,(H,16,19)(H,17,21). The van der Waals surface area contributed by atoms with Crippen molar-refractivity contribution in [1.29, 1.82) is 0 Å². The summed E-state index contributed by atoms with van der Waals surface area (Å²) < 4.78 is 0. The maximum atomic E-state index is 11.9. The van der Waals surface area contributed by atoms with Gasteiger partial charge in [-0.2, -0.15) is 0 Å². The number of benzene rings is 1. The Kier molecular flexibility index (Phi) is 3.84. The molecule has 1 heterocycles. The van der Waals surface area contributed by atoms with Crippen LogP contribution in [0.5, 0.6) is 0 Å². The van der Waals surface area contributed by atoms with Gasteiger partial charge in [0.1, 0.15) is 5.54 Å². The van der Waals surface area contributed by atoms with Crippen LogP contribution in [0.25, 0.3) is 0 Å². The maximum Gasteiger partial charge on any atom is 0.325 e. The van der Waals surface area contributed by atoms with Crippen LogP contribution in [0.3, 0.4) is 0 Å². The predicted octanol–water partition coefficient (Wildman–Crippen LogP) is 0.928. The van der Waals surface area contributed by atoms with Crippen LogP contribution < -0.4 is 16.4 Å². The lowest BCUT2D eigenvalue weighted by atomic mass is 10.1. The third kappa shape index (κ3) is 3.31. The number of anilines is 2. The topological polar surface area (TPSA) is 105 Å². The van der Waals surface area contributed by atoms with Crippen LogP contribution >= 0.6 is 0 Å². The molecule has 0 aromatic heterocycles. The summed E-state index contributed by atoms with van der Waals surface area (Å²) in [5, 5.41) is 5.23. The van der Waals surface area contributed by atoms with Gasteiger partial charge in [0.15, 0.2) is 0 Å². The molecule has 4 amide bonds. The zero-order valence-corrected chi connectivity index (χ0v) is 12.0. The molecule has 4 N–H and O–H groups in total. The van der Waals surface area contributed by atoms with Gasteiger partial charge in [-0.1, -0.05) is 6.07 Å². The highest BCUT2D eigenvalue weighted by Crippen LogP contribution is 2.17. The number of nitrogens with zero attached hydrogens (tertiary/aromatic N) is 1. The summed E-state index contributed by atoms with van der Waals surface area (Å²) in [4.78, 5) is 36.5. The van der Waals surface area contributed by atoms with Crippen molar-refractivity contribution in [3.8, 4) is 0 Å². The summed E-state index contributed by atoms with van der Waals surface area (Å²) in [7, 11) is 0. The fourth-order valence-corrected chi connectivity index (χ4v) is 2.07. The first-order valence-electron chi connectivity index (χ1n) is 6.59. The van der Waals surface area contributed by atoms with Gasteiger partial charge in [-0.25, -0.2) is 4.79 Å². The van der Waals surface area contributed by atoms with Gasteiger partial charge >= 0.3 is 6.03 Å². The molecule has 1 saturated heterocycles. The molecule has 0 atom stereocenters. The molecule has 1 aliphatic rings. The van der Waals surface area contributed by atoms with Gasteiger partial charge < -0.3 is 16.4 Å². The smallest absolute Gasteiger partial charge is 0.325 e. The van der Waals surface area contributed by atoms with E-state index in [2.05, 4.69) is 10.6 Å². The highest BCUT2D eigenvalue weighted by Gasteiger charge is 2.43. The van der Waals surface area contributed by atoms with Crippen LogP contribution in [0.4, 0.5) is 16.2 Å². The Balaban J connectivity index is 1.90. The van der Waals surface area contributed by atoms with Crippen molar-refractivity contribution >= 4 is 29.2 Å². The highest BCUT2D eigenvalue weighted by molar-refractivity contribution is 6.06. The largest absolute Gasteiger partial charge is 0.399 e. The lowest BCUT2D eigenvalue weighted by molar-refractivity contribution is -0.130. The van der Waals surface area contributed by atoms with Crippen molar-refractivity contribution in [2.45, 2.75) is 25.8 Å². The van der Waals surface area contributed by atoms with E-state index in [1.165, 1.54) is 0 Å². The number of nitrogen functional groups attached to an aromatic ring is 1. The molecule has 0 spiro atoms. The average molecular weight is 290 g/mol. The zero-order valence-electron chi connectivity index (χ0n) is 12.0. The highest BCUT2D eigenvalue weighted by atomic mass is 16.2. The lowest BCUT2D eigenvalue weighted by Crippen LogP contribution is -2.40. The molecule has 1 aromatic carbocycles. The van der Waals surface area contributed by atoms with Gasteiger partial charge in [0.2, 0.25) is 5.91 Å². The van der Waals surface area contributed by atoms with Crippen LogP contribution in [-0.2, 0) is 9.59 Å². The molecule has 0 saturated carbocycles. The molecule has 112 valence electrons. The number of nitrogens with one attached hydrogen (secondary N) is 2. The summed E-state index contributed by atoms with van der Waals surface area (Å²) in [6.07, 6.45) is 0.0318. The molecule has 1 fully saturated rings. The Morgan fingerprint density at radius 2 is 2.10 bits per heavy atom. The lowest BCUT2D eigenvalue weighted by Gasteiger charge is -2.15. The minimum Gasteiger partial charge on any atom is -0.399 e. The Morgan fingerprint density at radius 1 is 1.38 bits per heavy atom. The van der Waals surface area contributed by atoms with Crippen molar-refractivity contribution in [3.05, 3.63) is 24.3 Å². The molecule has 7 heteroatoms. The monoisotopic (exact) mass is 290 g/mol. The van der Waals surface area contributed by atoms with Crippen LogP contribution in [0, 0.1) is 0 Å². The van der Waals surface area contributed by atoms with E-state index in [-0.39, 0.29) is 24.8 Å². The molecule has 0 radical (unpaired) electrons. The molecule has 1 aliphatic heterocycles. The van der Waals surface area contributed by atoms with E-state index in [1.807, 2.05) is 0 Å². The summed E-state index contributed by atoms with van der Waals surface area (Å²) in [6, 6.07) is 6.32. The van der Waals surface area contributed by atoms with Gasteiger partial charge in [0, 0.05) is 24.3 Å². The molecule has 7 nitrogen and oxygen atoms in total. The van der Waals surface area contributed by atoms with Crippen molar-refractivity contribution < 1.29 is 14.4 Å². The van der Waals surface area contributed by atoms with Gasteiger partial charge in [-0.3, -0.25) is 14.5 Å². The van der Waals surface area contributed by atoms with E-state index in [9.17, 15) is 14.4 Å². The second kappa shape index (κ2) is 5.43. The fourth-order valence-electron chi connectivity index (χ4n) is 2.07. The number of urea groups is 1. The number of carbonyl (C=O) groups is 3. The van der Waals surface area contributed by atoms with E-state index in [4.69, 9.17) is 5.73 Å². The first kappa shape index (κ1) is 14.8. The third-order valence-corrected chi connectivity index (χ3v) is 3.18. The van der Waals surface area contributed by atoms with Gasteiger partial charge in [0.05, 0.1) is 0 Å². The predicted molar refractivity (Wildman–Crippen MR) is 78.4 cm³/mol. The molecular formula is C14H18N4O3. The average Bonchev–Trinajstić information content (AvgIpc) is 2.56. The first-order chi connectivity index (χ1) is 9.79. The van der Waals surface area contributed by atoms with Gasteiger partial charge in [-0.05, 0) is 32.0 Å². The van der Waals surface area contributed by atoms with E-state index >= 15 is 0 Å². The van der Waals surface area contributed by atoms with E-state index in [1.54, 1.807) is 38.1 Å². The van der Waals surface area contributed by atoms with Crippen molar-refractivity contribution in [3.63, 3.8) is 0 Å². The second-order valence-corrected chi connectivity index (χ2v) is 5.44. The van der Waals surface area contributed by atoms with Crippen LogP contribution in [0.15, 0.2) is 24.3 Å². The minimum absolute atomic E-state index is 0.0318. The SMILES string of the molecule is CC1(C)NC(=O)N(CCC(=O)Nc2cccc(N)c2)C1=O. The number of amides is 4. The molecule has 21 heavy (non-hydrogen) atoms. The Bertz CT molecular complexity index is 598. The molecule has 0 aliphatic carbocycles. The summed E-state index contributed by atoms with van der Waals surface area (Å²) in [5.74, 6) is -0.616. The van der Waals surface area contributed by atoms with Crippen molar-refractivity contribution in [2.24, 2.45) is 0 Å². The fraction of sp³-hybridized carbons (Fsp3) is 0.357. The summed E-state index contributed by atoms with van der Waals surface area (Å²) in [6.45, 7) is 3.29. The number of carbonyl (C=O) groups excluding carboxylic acids is 3. The summed E-state index contributed by atoms with van der Waals surface area (Å²) >= 11 is 0.